The molecule has 3 aromatic carbocycles. The van der Waals surface area contributed by atoms with Gasteiger partial charge in [0.05, 0.1) is 28.3 Å². The van der Waals surface area contributed by atoms with Gasteiger partial charge in [-0.05, 0) is 36.4 Å². The Hall–Kier alpha value is -5.43. The van der Waals surface area contributed by atoms with Gasteiger partial charge in [0.25, 0.3) is 17.0 Å². The van der Waals surface area contributed by atoms with Gasteiger partial charge in [-0.2, -0.15) is 8.78 Å². The highest BCUT2D eigenvalue weighted by atomic mass is 79.9. The summed E-state index contributed by atoms with van der Waals surface area (Å²) in [5, 5.41) is 5.17. The molecular weight excluding hydrogens is 827 g/mol. The molecule has 0 radical (unpaired) electrons. The first-order chi connectivity index (χ1) is 23.9. The third-order valence-electron chi connectivity index (χ3n) is 6.71. The summed E-state index contributed by atoms with van der Waals surface area (Å²) in [7, 11) is 2.72. The van der Waals surface area contributed by atoms with E-state index in [-0.39, 0.29) is 33.9 Å². The second-order valence-electron chi connectivity index (χ2n) is 10.3. The van der Waals surface area contributed by atoms with E-state index in [1.54, 1.807) is 6.07 Å². The number of nitrogens with two attached hydrogens (primary N) is 1. The normalized spacial score (nSPS) is 10.6. The van der Waals surface area contributed by atoms with Gasteiger partial charge in [0, 0.05) is 47.6 Å². The SMILES string of the molecule is Cn1cc(C(=O)Oc2c(F)c(F)c(F)c(F)c2F)c(Nc2ccc(Br)cc2F)cc1=O.Cn1cc(C(N)=O)c(Nc2ccc(Br)cc2F)cc1=O. The van der Waals surface area contributed by atoms with Crippen molar-refractivity contribution in [2.75, 3.05) is 10.6 Å². The number of aromatic nitrogens is 2. The van der Waals surface area contributed by atoms with Gasteiger partial charge in [-0.15, -0.1) is 0 Å². The maximum atomic E-state index is 14.1. The Morgan fingerprint density at radius 2 is 1.02 bits per heavy atom. The minimum absolute atomic E-state index is 0.106. The molecule has 266 valence electrons. The standard InChI is InChI=1S/C19H9BrF6N2O3.C13H11BrFN3O2/c1-28-6-8(11(5-12(28)29)27-10-3-2-7(20)4-9(10)21)19(30)31-18-16(25)14(23)13(22)15(24)17(18)26;1-18-6-8(13(16)20)11(5-12(18)19)17-10-3-2-7(14)4-9(10)15/h2-6,27H,1H3;2-6,17H,1H3,(H2,16,20). The fourth-order valence-corrected chi connectivity index (χ4v) is 4.79. The summed E-state index contributed by atoms with van der Waals surface area (Å²) in [5.74, 6) is -17.2. The first kappa shape index (κ1) is 38.4. The highest BCUT2D eigenvalue weighted by molar-refractivity contribution is 9.10. The van der Waals surface area contributed by atoms with Crippen LogP contribution in [-0.4, -0.2) is 21.0 Å². The van der Waals surface area contributed by atoms with Crippen LogP contribution >= 0.6 is 31.9 Å². The largest absolute Gasteiger partial charge is 0.416 e. The molecule has 19 heteroatoms. The number of pyridine rings is 2. The Morgan fingerprint density at radius 1 is 0.627 bits per heavy atom. The summed E-state index contributed by atoms with van der Waals surface area (Å²) in [4.78, 5) is 47.4. The number of ether oxygens (including phenoxy) is 1. The van der Waals surface area contributed by atoms with E-state index in [0.717, 1.165) is 22.9 Å². The van der Waals surface area contributed by atoms with Crippen molar-refractivity contribution in [3.05, 3.63) is 142 Å². The first-order valence-electron chi connectivity index (χ1n) is 13.8. The zero-order chi connectivity index (χ0) is 37.9. The van der Waals surface area contributed by atoms with Gasteiger partial charge in [-0.3, -0.25) is 14.4 Å². The predicted octanol–water partition coefficient (Wildman–Crippen LogP) is 7.07. The summed E-state index contributed by atoms with van der Waals surface area (Å²) in [5.41, 5.74) is 3.61. The number of carbonyl (C=O) groups excluding carboxylic acids is 2. The van der Waals surface area contributed by atoms with E-state index < -0.39 is 69.5 Å². The number of esters is 1. The summed E-state index contributed by atoms with van der Waals surface area (Å²) in [6, 6.07) is 10.2. The van der Waals surface area contributed by atoms with E-state index in [0.29, 0.717) is 8.95 Å². The third kappa shape index (κ3) is 8.66. The molecule has 51 heavy (non-hydrogen) atoms. The highest BCUT2D eigenvalue weighted by Crippen LogP contribution is 2.31. The Morgan fingerprint density at radius 3 is 1.43 bits per heavy atom. The van der Waals surface area contributed by atoms with Crippen LogP contribution in [0.4, 0.5) is 53.5 Å². The highest BCUT2D eigenvalue weighted by Gasteiger charge is 2.30. The number of amides is 1. The van der Waals surface area contributed by atoms with Gasteiger partial charge in [0.1, 0.15) is 17.2 Å². The average Bonchev–Trinajstić information content (AvgIpc) is 3.06. The summed E-state index contributed by atoms with van der Waals surface area (Å²) in [6.45, 7) is 0. The molecule has 2 aromatic heterocycles. The molecule has 0 fully saturated rings. The average molecular weight is 847 g/mol. The Balaban J connectivity index is 0.000000251. The quantitative estimate of drug-likeness (QED) is 0.0524. The number of primary amides is 1. The second kappa shape index (κ2) is 15.6. The fraction of sp³-hybridized carbons (Fsp3) is 0.0625. The minimum Gasteiger partial charge on any atom is -0.416 e. The number of rotatable bonds is 7. The lowest BCUT2D eigenvalue weighted by Crippen LogP contribution is -2.22. The van der Waals surface area contributed by atoms with Gasteiger partial charge in [0.2, 0.25) is 34.8 Å². The van der Waals surface area contributed by atoms with E-state index in [4.69, 9.17) is 5.73 Å². The lowest BCUT2D eigenvalue weighted by molar-refractivity contribution is 0.0716. The smallest absolute Gasteiger partial charge is 0.347 e. The van der Waals surface area contributed by atoms with Gasteiger partial charge in [-0.25, -0.2) is 26.7 Å². The maximum Gasteiger partial charge on any atom is 0.347 e. The fourth-order valence-electron chi connectivity index (χ4n) is 4.12. The maximum absolute atomic E-state index is 14.1. The number of nitrogens with one attached hydrogen (secondary N) is 2. The molecule has 0 saturated carbocycles. The molecule has 0 spiro atoms. The molecule has 0 unspecified atom stereocenters. The van der Waals surface area contributed by atoms with Crippen LogP contribution in [0.25, 0.3) is 0 Å². The molecule has 0 saturated heterocycles. The monoisotopic (exact) mass is 845 g/mol. The van der Waals surface area contributed by atoms with Gasteiger partial charge < -0.3 is 30.2 Å². The molecule has 0 aliphatic heterocycles. The van der Waals surface area contributed by atoms with Crippen LogP contribution in [0.15, 0.2) is 79.5 Å². The van der Waals surface area contributed by atoms with E-state index in [9.17, 15) is 49.9 Å². The number of benzene rings is 3. The number of anilines is 4. The summed E-state index contributed by atoms with van der Waals surface area (Å²) in [6.07, 6.45) is 2.19. The van der Waals surface area contributed by atoms with Crippen molar-refractivity contribution in [3.63, 3.8) is 0 Å². The number of hydrogen-bond donors (Lipinski definition) is 3. The predicted molar refractivity (Wildman–Crippen MR) is 178 cm³/mol. The van der Waals surface area contributed by atoms with E-state index >= 15 is 0 Å². The van der Waals surface area contributed by atoms with Crippen molar-refractivity contribution in [1.82, 2.24) is 9.13 Å². The molecule has 1 amide bonds. The zero-order valence-electron chi connectivity index (χ0n) is 25.7. The molecule has 2 heterocycles. The molecular formula is C32H20Br2F7N5O5. The minimum atomic E-state index is -2.43. The zero-order valence-corrected chi connectivity index (χ0v) is 28.9. The summed E-state index contributed by atoms with van der Waals surface area (Å²) >= 11 is 6.20. The molecule has 10 nitrogen and oxygen atoms in total. The number of hydrogen-bond acceptors (Lipinski definition) is 7. The van der Waals surface area contributed by atoms with E-state index in [1.807, 2.05) is 0 Å². The molecule has 0 aliphatic carbocycles. The van der Waals surface area contributed by atoms with Gasteiger partial charge in [-0.1, -0.05) is 31.9 Å². The molecule has 5 aromatic rings. The number of carbonyl (C=O) groups is 2. The lowest BCUT2D eigenvalue weighted by atomic mass is 10.2. The number of halogens is 9. The van der Waals surface area contributed by atoms with Crippen LogP contribution in [-0.2, 0) is 14.1 Å². The molecule has 0 atom stereocenters. The van der Waals surface area contributed by atoms with Crippen LogP contribution in [0.1, 0.15) is 20.7 Å². The van der Waals surface area contributed by atoms with Crippen LogP contribution in [0.3, 0.4) is 0 Å². The van der Waals surface area contributed by atoms with Crippen LogP contribution in [0.5, 0.6) is 5.75 Å². The molecule has 0 bridgehead atoms. The van der Waals surface area contributed by atoms with Crippen LogP contribution in [0, 0.1) is 40.7 Å². The van der Waals surface area contributed by atoms with Crippen LogP contribution < -0.4 is 32.2 Å². The molecule has 5 rings (SSSR count). The molecule has 0 aliphatic rings. The van der Waals surface area contributed by atoms with Crippen molar-refractivity contribution in [2.24, 2.45) is 19.8 Å². The lowest BCUT2D eigenvalue weighted by Gasteiger charge is -2.14. The van der Waals surface area contributed by atoms with Crippen molar-refractivity contribution in [2.45, 2.75) is 0 Å². The Kier molecular flexibility index (Phi) is 11.8. The van der Waals surface area contributed by atoms with Crippen molar-refractivity contribution in [1.29, 1.82) is 0 Å². The van der Waals surface area contributed by atoms with Gasteiger partial charge >= 0.3 is 5.97 Å². The Labute approximate surface area is 298 Å². The Bertz CT molecular complexity index is 2310. The second-order valence-corrected chi connectivity index (χ2v) is 12.1. The molecule has 4 N–H and O–H groups in total. The topological polar surface area (TPSA) is 137 Å². The number of aryl methyl sites for hydroxylation is 2. The van der Waals surface area contributed by atoms with E-state index in [2.05, 4.69) is 47.2 Å². The van der Waals surface area contributed by atoms with Crippen LogP contribution in [0.2, 0.25) is 0 Å². The first-order valence-corrected chi connectivity index (χ1v) is 15.4. The van der Waals surface area contributed by atoms with Crippen molar-refractivity contribution < 1.29 is 45.1 Å². The number of nitrogens with zero attached hydrogens (tertiary/aromatic N) is 2. The van der Waals surface area contributed by atoms with Crippen molar-refractivity contribution >= 4 is 66.5 Å². The van der Waals surface area contributed by atoms with Gasteiger partial charge in [0.15, 0.2) is 0 Å². The summed E-state index contributed by atoms with van der Waals surface area (Å²) < 4.78 is 103. The van der Waals surface area contributed by atoms with Crippen molar-refractivity contribution in [3.8, 4) is 5.75 Å². The van der Waals surface area contributed by atoms with E-state index in [1.165, 1.54) is 55.2 Å². The third-order valence-corrected chi connectivity index (χ3v) is 7.69.